The van der Waals surface area contributed by atoms with Crippen LogP contribution in [0.3, 0.4) is 0 Å². The molecule has 0 aliphatic rings. The molecule has 0 aromatic carbocycles. The summed E-state index contributed by atoms with van der Waals surface area (Å²) < 4.78 is 5.17. The second-order valence-corrected chi connectivity index (χ2v) is 6.65. The predicted octanol–water partition coefficient (Wildman–Crippen LogP) is 5.35. The Morgan fingerprint density at radius 2 is 1.43 bits per heavy atom. The maximum absolute atomic E-state index is 11.5. The van der Waals surface area contributed by atoms with E-state index in [0.29, 0.717) is 13.0 Å². The molecule has 136 valence electrons. The Kier molecular flexibility index (Phi) is 16.9. The van der Waals surface area contributed by atoms with Crippen LogP contribution in [0.4, 0.5) is 0 Å². The second-order valence-electron chi connectivity index (χ2n) is 6.65. The zero-order chi connectivity index (χ0) is 17.2. The first-order chi connectivity index (χ1) is 11.2. The highest BCUT2D eigenvalue weighted by molar-refractivity contribution is 5.69. The van der Waals surface area contributed by atoms with Crippen molar-refractivity contribution >= 4 is 5.97 Å². The average Bonchev–Trinajstić information content (AvgIpc) is 2.51. The van der Waals surface area contributed by atoms with Crippen molar-refractivity contribution in [1.82, 2.24) is 4.90 Å². The van der Waals surface area contributed by atoms with Gasteiger partial charge in [0.1, 0.15) is 6.61 Å². The minimum absolute atomic E-state index is 0.0437. The minimum Gasteiger partial charge on any atom is -0.464 e. The van der Waals surface area contributed by atoms with Crippen LogP contribution in [0.5, 0.6) is 0 Å². The molecule has 3 heteroatoms. The third-order valence-corrected chi connectivity index (χ3v) is 3.94. The van der Waals surface area contributed by atoms with E-state index in [1.807, 2.05) is 19.0 Å². The number of likely N-dealkylation sites (N-methyl/N-ethyl adjacent to an activating group) is 1. The van der Waals surface area contributed by atoms with Gasteiger partial charge in [0.25, 0.3) is 0 Å². The summed E-state index contributed by atoms with van der Waals surface area (Å²) >= 11 is 0. The normalized spacial score (nSPS) is 11.5. The van der Waals surface area contributed by atoms with Crippen LogP contribution in [-0.2, 0) is 9.53 Å². The average molecular weight is 326 g/mol. The maximum Gasteiger partial charge on any atom is 0.305 e. The Morgan fingerprint density at radius 1 is 0.870 bits per heavy atom. The van der Waals surface area contributed by atoms with Crippen LogP contribution in [0.15, 0.2) is 12.2 Å². The van der Waals surface area contributed by atoms with E-state index >= 15 is 0 Å². The topological polar surface area (TPSA) is 29.5 Å². The first-order valence-corrected chi connectivity index (χ1v) is 9.62. The van der Waals surface area contributed by atoms with Gasteiger partial charge in [-0.3, -0.25) is 4.79 Å². The van der Waals surface area contributed by atoms with Crippen LogP contribution in [0.25, 0.3) is 0 Å². The van der Waals surface area contributed by atoms with Gasteiger partial charge in [0.05, 0.1) is 0 Å². The van der Waals surface area contributed by atoms with Crippen LogP contribution >= 0.6 is 0 Å². The minimum atomic E-state index is -0.0437. The van der Waals surface area contributed by atoms with Crippen LogP contribution < -0.4 is 0 Å². The maximum atomic E-state index is 11.5. The van der Waals surface area contributed by atoms with Gasteiger partial charge in [-0.1, -0.05) is 57.6 Å². The summed E-state index contributed by atoms with van der Waals surface area (Å²) in [6, 6.07) is 0. The molecule has 3 nitrogen and oxygen atoms in total. The van der Waals surface area contributed by atoms with E-state index in [0.717, 1.165) is 19.4 Å². The first-order valence-electron chi connectivity index (χ1n) is 9.62. The van der Waals surface area contributed by atoms with E-state index in [1.165, 1.54) is 57.8 Å². The van der Waals surface area contributed by atoms with E-state index in [2.05, 4.69) is 19.1 Å². The van der Waals surface area contributed by atoms with Gasteiger partial charge in [-0.2, -0.15) is 0 Å². The lowest BCUT2D eigenvalue weighted by atomic mass is 10.1. The highest BCUT2D eigenvalue weighted by atomic mass is 16.5. The molecule has 0 amide bonds. The Balaban J connectivity index is 3.21. The standard InChI is InChI=1S/C20H39NO2/c1-4-5-6-7-8-9-10-11-12-13-14-15-16-17-20(22)23-19-18-21(2)3/h9-10H,4-8,11-19H2,1-3H3. The van der Waals surface area contributed by atoms with E-state index in [4.69, 9.17) is 4.74 Å². The Bertz CT molecular complexity index is 287. The lowest BCUT2D eigenvalue weighted by Crippen LogP contribution is -2.20. The molecule has 0 heterocycles. The van der Waals surface area contributed by atoms with E-state index in [9.17, 15) is 4.79 Å². The quantitative estimate of drug-likeness (QED) is 0.218. The molecule has 0 bridgehead atoms. The van der Waals surface area contributed by atoms with Gasteiger partial charge in [0, 0.05) is 13.0 Å². The molecule has 23 heavy (non-hydrogen) atoms. The van der Waals surface area contributed by atoms with Crippen molar-refractivity contribution in [2.45, 2.75) is 84.0 Å². The molecule has 0 aromatic heterocycles. The van der Waals surface area contributed by atoms with Gasteiger partial charge in [0.15, 0.2) is 0 Å². The first kappa shape index (κ1) is 22.2. The van der Waals surface area contributed by atoms with Crippen molar-refractivity contribution in [3.63, 3.8) is 0 Å². The van der Waals surface area contributed by atoms with Gasteiger partial charge >= 0.3 is 5.97 Å². The van der Waals surface area contributed by atoms with Crippen LogP contribution in [0, 0.1) is 0 Å². The van der Waals surface area contributed by atoms with Gasteiger partial charge in [-0.25, -0.2) is 0 Å². The molecule has 0 fully saturated rings. The van der Waals surface area contributed by atoms with Crippen molar-refractivity contribution in [2.75, 3.05) is 27.2 Å². The Morgan fingerprint density at radius 3 is 2.04 bits per heavy atom. The third kappa shape index (κ3) is 19.1. The number of carbonyl (C=O) groups is 1. The van der Waals surface area contributed by atoms with Crippen molar-refractivity contribution in [1.29, 1.82) is 0 Å². The SMILES string of the molecule is CCCCCCC=CCCCCCCCC(=O)OCCN(C)C. The Hall–Kier alpha value is -0.830. The summed E-state index contributed by atoms with van der Waals surface area (Å²) in [5.41, 5.74) is 0. The van der Waals surface area contributed by atoms with Crippen molar-refractivity contribution in [3.05, 3.63) is 12.2 Å². The number of nitrogens with zero attached hydrogens (tertiary/aromatic N) is 1. The number of carbonyl (C=O) groups excluding carboxylic acids is 1. The smallest absolute Gasteiger partial charge is 0.305 e. The fraction of sp³-hybridized carbons (Fsp3) is 0.850. The molecule has 0 rings (SSSR count). The molecule has 0 aliphatic carbocycles. The third-order valence-electron chi connectivity index (χ3n) is 3.94. The monoisotopic (exact) mass is 325 g/mol. The second kappa shape index (κ2) is 17.5. The molecule has 0 aromatic rings. The summed E-state index contributed by atoms with van der Waals surface area (Å²) in [4.78, 5) is 13.5. The predicted molar refractivity (Wildman–Crippen MR) is 99.7 cm³/mol. The van der Waals surface area contributed by atoms with Gasteiger partial charge in [-0.05, 0) is 46.2 Å². The molecule has 0 aliphatic heterocycles. The number of hydrogen-bond donors (Lipinski definition) is 0. The van der Waals surface area contributed by atoms with Crippen LogP contribution in [0.2, 0.25) is 0 Å². The van der Waals surface area contributed by atoms with Crippen molar-refractivity contribution in [2.24, 2.45) is 0 Å². The summed E-state index contributed by atoms with van der Waals surface area (Å²) in [7, 11) is 3.96. The fourth-order valence-electron chi connectivity index (χ4n) is 2.40. The van der Waals surface area contributed by atoms with Gasteiger partial charge in [-0.15, -0.1) is 0 Å². The van der Waals surface area contributed by atoms with Crippen LogP contribution in [0.1, 0.15) is 84.0 Å². The summed E-state index contributed by atoms with van der Waals surface area (Å²) in [5.74, 6) is -0.0437. The molecule has 0 N–H and O–H groups in total. The van der Waals surface area contributed by atoms with Crippen molar-refractivity contribution in [3.8, 4) is 0 Å². The largest absolute Gasteiger partial charge is 0.464 e. The number of esters is 1. The highest BCUT2D eigenvalue weighted by Gasteiger charge is 2.02. The zero-order valence-electron chi connectivity index (χ0n) is 15.8. The molecule has 0 atom stereocenters. The van der Waals surface area contributed by atoms with Gasteiger partial charge in [0.2, 0.25) is 0 Å². The number of hydrogen-bond acceptors (Lipinski definition) is 3. The summed E-state index contributed by atoms with van der Waals surface area (Å²) in [6.45, 7) is 3.57. The van der Waals surface area contributed by atoms with E-state index in [-0.39, 0.29) is 5.97 Å². The lowest BCUT2D eigenvalue weighted by Gasteiger charge is -2.09. The molecule has 0 unspecified atom stereocenters. The molecular formula is C20H39NO2. The number of ether oxygens (including phenoxy) is 1. The lowest BCUT2D eigenvalue weighted by molar-refractivity contribution is -0.144. The van der Waals surface area contributed by atoms with Crippen LogP contribution in [-0.4, -0.2) is 38.1 Å². The molecule has 0 saturated carbocycles. The Labute approximate surface area is 144 Å². The number of unbranched alkanes of at least 4 members (excludes halogenated alkanes) is 9. The number of rotatable bonds is 16. The highest BCUT2D eigenvalue weighted by Crippen LogP contribution is 2.09. The van der Waals surface area contributed by atoms with Gasteiger partial charge < -0.3 is 9.64 Å². The summed E-state index contributed by atoms with van der Waals surface area (Å²) in [6.07, 6.45) is 19.0. The number of allylic oxidation sites excluding steroid dienone is 2. The molecule has 0 saturated heterocycles. The van der Waals surface area contributed by atoms with Crippen molar-refractivity contribution < 1.29 is 9.53 Å². The fourth-order valence-corrected chi connectivity index (χ4v) is 2.40. The molecule has 0 spiro atoms. The zero-order valence-corrected chi connectivity index (χ0v) is 15.8. The molecular weight excluding hydrogens is 286 g/mol. The van der Waals surface area contributed by atoms with E-state index in [1.54, 1.807) is 0 Å². The summed E-state index contributed by atoms with van der Waals surface area (Å²) in [5, 5.41) is 0. The van der Waals surface area contributed by atoms with E-state index < -0.39 is 0 Å². The molecule has 0 radical (unpaired) electrons.